The summed E-state index contributed by atoms with van der Waals surface area (Å²) in [6, 6.07) is 19.8. The Morgan fingerprint density at radius 2 is 1.52 bits per heavy atom. The van der Waals surface area contributed by atoms with Gasteiger partial charge in [0.1, 0.15) is 12.4 Å². The zero-order valence-corrected chi connectivity index (χ0v) is 19.5. The van der Waals surface area contributed by atoms with Gasteiger partial charge in [-0.3, -0.25) is 9.52 Å². The topological polar surface area (TPSA) is 94.2 Å². The largest absolute Gasteiger partial charge is 0.495 e. The number of nitrogens with one attached hydrogen (secondary N) is 1. The van der Waals surface area contributed by atoms with Gasteiger partial charge in [-0.05, 0) is 42.5 Å². The molecule has 3 aromatic rings. The number of para-hydroxylation sites is 4. The number of hydrogen-bond acceptors (Lipinski definition) is 6. The summed E-state index contributed by atoms with van der Waals surface area (Å²) < 4.78 is 44.4. The molecule has 0 aromatic heterocycles. The number of carbonyl (C=O) groups excluding carboxylic acids is 1. The minimum Gasteiger partial charge on any atom is -0.495 e. The Kier molecular flexibility index (Phi) is 7.78. The number of ether oxygens (including phenoxy) is 3. The number of rotatable bonds is 10. The Labute approximate surface area is 193 Å². The summed E-state index contributed by atoms with van der Waals surface area (Å²) in [4.78, 5) is 14.3. The van der Waals surface area contributed by atoms with Crippen molar-refractivity contribution in [2.24, 2.45) is 0 Å². The van der Waals surface area contributed by atoms with Crippen LogP contribution in [0, 0.1) is 0 Å². The second-order valence-electron chi connectivity index (χ2n) is 7.06. The van der Waals surface area contributed by atoms with Crippen LogP contribution in [0.2, 0.25) is 0 Å². The molecule has 0 heterocycles. The standard InChI is InChI=1S/C24H26N2O6S/c1-26(15-16-32-23-14-7-6-13-22(23)31-3)24(27)18-9-8-10-19(17-18)33(28,29)25-20-11-4-5-12-21(20)30-2/h4-14,17,25H,15-16H2,1-3H3. The molecule has 8 nitrogen and oxygen atoms in total. The first-order valence-corrected chi connectivity index (χ1v) is 11.6. The lowest BCUT2D eigenvalue weighted by Crippen LogP contribution is -2.31. The third kappa shape index (κ3) is 5.95. The minimum atomic E-state index is -3.93. The lowest BCUT2D eigenvalue weighted by Gasteiger charge is -2.19. The number of sulfonamides is 1. The molecule has 1 N–H and O–H groups in total. The Bertz CT molecular complexity index is 1210. The lowest BCUT2D eigenvalue weighted by atomic mass is 10.2. The Morgan fingerprint density at radius 3 is 2.21 bits per heavy atom. The van der Waals surface area contributed by atoms with Crippen LogP contribution in [0.3, 0.4) is 0 Å². The molecule has 0 aliphatic rings. The van der Waals surface area contributed by atoms with Gasteiger partial charge in [-0.1, -0.05) is 30.3 Å². The van der Waals surface area contributed by atoms with Gasteiger partial charge < -0.3 is 19.1 Å². The summed E-state index contributed by atoms with van der Waals surface area (Å²) in [6.45, 7) is 0.545. The molecule has 0 bridgehead atoms. The molecular weight excluding hydrogens is 444 g/mol. The van der Waals surface area contributed by atoms with Crippen molar-refractivity contribution in [1.82, 2.24) is 4.90 Å². The first kappa shape index (κ1) is 23.9. The van der Waals surface area contributed by atoms with Crippen molar-refractivity contribution in [2.75, 3.05) is 39.1 Å². The maximum Gasteiger partial charge on any atom is 0.262 e. The quantitative estimate of drug-likeness (QED) is 0.486. The van der Waals surface area contributed by atoms with Crippen molar-refractivity contribution in [1.29, 1.82) is 0 Å². The second kappa shape index (κ2) is 10.7. The van der Waals surface area contributed by atoms with Crippen LogP contribution in [-0.2, 0) is 10.0 Å². The molecular formula is C24H26N2O6S. The molecule has 0 saturated heterocycles. The highest BCUT2D eigenvalue weighted by molar-refractivity contribution is 7.92. The molecule has 0 aliphatic heterocycles. The summed E-state index contributed by atoms with van der Waals surface area (Å²) in [5.41, 5.74) is 0.556. The molecule has 1 amide bonds. The fraction of sp³-hybridized carbons (Fsp3) is 0.208. The van der Waals surface area contributed by atoms with Gasteiger partial charge in [-0.2, -0.15) is 0 Å². The third-order valence-corrected chi connectivity index (χ3v) is 6.21. The Balaban J connectivity index is 1.68. The molecule has 0 aliphatic carbocycles. The number of likely N-dealkylation sites (N-methyl/N-ethyl adjacent to an activating group) is 1. The van der Waals surface area contributed by atoms with Crippen LogP contribution < -0.4 is 18.9 Å². The maximum atomic E-state index is 12.9. The van der Waals surface area contributed by atoms with E-state index in [0.717, 1.165) is 0 Å². The summed E-state index contributed by atoms with van der Waals surface area (Å²) in [5.74, 6) is 1.25. The zero-order valence-electron chi connectivity index (χ0n) is 18.6. The molecule has 33 heavy (non-hydrogen) atoms. The number of nitrogens with zero attached hydrogens (tertiary/aromatic N) is 1. The number of carbonyl (C=O) groups is 1. The average molecular weight is 471 g/mol. The number of benzene rings is 3. The van der Waals surface area contributed by atoms with Crippen LogP contribution in [-0.4, -0.2) is 53.6 Å². The second-order valence-corrected chi connectivity index (χ2v) is 8.74. The third-order valence-electron chi connectivity index (χ3n) is 4.84. The van der Waals surface area contributed by atoms with Gasteiger partial charge in [-0.15, -0.1) is 0 Å². The summed E-state index contributed by atoms with van der Waals surface area (Å²) in [7, 11) is 0.715. The SMILES string of the molecule is COc1ccccc1NS(=O)(=O)c1cccc(C(=O)N(C)CCOc2ccccc2OC)c1. The molecule has 0 unspecified atom stereocenters. The first-order chi connectivity index (χ1) is 15.9. The van der Waals surface area contributed by atoms with Crippen LogP contribution in [0.1, 0.15) is 10.4 Å². The summed E-state index contributed by atoms with van der Waals surface area (Å²) in [6.07, 6.45) is 0. The van der Waals surface area contributed by atoms with E-state index in [0.29, 0.717) is 29.5 Å². The van der Waals surface area contributed by atoms with E-state index in [-0.39, 0.29) is 23.0 Å². The Morgan fingerprint density at radius 1 is 0.879 bits per heavy atom. The molecule has 0 saturated carbocycles. The van der Waals surface area contributed by atoms with E-state index in [1.54, 1.807) is 56.6 Å². The molecule has 174 valence electrons. The van der Waals surface area contributed by atoms with E-state index in [4.69, 9.17) is 14.2 Å². The van der Waals surface area contributed by atoms with Crippen LogP contribution >= 0.6 is 0 Å². The lowest BCUT2D eigenvalue weighted by molar-refractivity contribution is 0.0773. The van der Waals surface area contributed by atoms with Crippen molar-refractivity contribution < 1.29 is 27.4 Å². The van der Waals surface area contributed by atoms with Crippen molar-refractivity contribution >= 4 is 21.6 Å². The minimum absolute atomic E-state index is 0.0297. The van der Waals surface area contributed by atoms with Gasteiger partial charge >= 0.3 is 0 Å². The van der Waals surface area contributed by atoms with Gasteiger partial charge in [0.15, 0.2) is 11.5 Å². The van der Waals surface area contributed by atoms with E-state index in [9.17, 15) is 13.2 Å². The molecule has 0 atom stereocenters. The predicted octanol–water partition coefficient (Wildman–Crippen LogP) is 3.66. The highest BCUT2D eigenvalue weighted by Crippen LogP contribution is 2.27. The average Bonchev–Trinajstić information content (AvgIpc) is 2.84. The number of methoxy groups -OCH3 is 2. The van der Waals surface area contributed by atoms with E-state index < -0.39 is 10.0 Å². The fourth-order valence-electron chi connectivity index (χ4n) is 3.08. The van der Waals surface area contributed by atoms with E-state index in [2.05, 4.69) is 4.72 Å². The van der Waals surface area contributed by atoms with E-state index in [1.165, 1.54) is 30.2 Å². The number of hydrogen-bond donors (Lipinski definition) is 1. The van der Waals surface area contributed by atoms with Gasteiger partial charge in [0.2, 0.25) is 0 Å². The van der Waals surface area contributed by atoms with Gasteiger partial charge in [-0.25, -0.2) is 8.42 Å². The fourth-order valence-corrected chi connectivity index (χ4v) is 4.20. The van der Waals surface area contributed by atoms with Crippen LogP contribution in [0.25, 0.3) is 0 Å². The molecule has 0 fully saturated rings. The summed E-state index contributed by atoms with van der Waals surface area (Å²) in [5, 5.41) is 0. The van der Waals surface area contributed by atoms with Gasteiger partial charge in [0.25, 0.3) is 15.9 Å². The molecule has 3 aromatic carbocycles. The Hall–Kier alpha value is -3.72. The van der Waals surface area contributed by atoms with Crippen molar-refractivity contribution in [2.45, 2.75) is 4.90 Å². The van der Waals surface area contributed by atoms with Crippen LogP contribution in [0.15, 0.2) is 77.7 Å². The van der Waals surface area contributed by atoms with E-state index >= 15 is 0 Å². The van der Waals surface area contributed by atoms with E-state index in [1.807, 2.05) is 12.1 Å². The predicted molar refractivity (Wildman–Crippen MR) is 126 cm³/mol. The number of anilines is 1. The highest BCUT2D eigenvalue weighted by atomic mass is 32.2. The molecule has 3 rings (SSSR count). The highest BCUT2D eigenvalue weighted by Gasteiger charge is 2.19. The maximum absolute atomic E-state index is 12.9. The normalized spacial score (nSPS) is 10.9. The smallest absolute Gasteiger partial charge is 0.262 e. The first-order valence-electron chi connectivity index (χ1n) is 10.1. The summed E-state index contributed by atoms with van der Waals surface area (Å²) >= 11 is 0. The zero-order chi connectivity index (χ0) is 23.8. The monoisotopic (exact) mass is 470 g/mol. The molecule has 9 heteroatoms. The van der Waals surface area contributed by atoms with Gasteiger partial charge in [0, 0.05) is 12.6 Å². The molecule has 0 spiro atoms. The van der Waals surface area contributed by atoms with Crippen molar-refractivity contribution in [3.63, 3.8) is 0 Å². The van der Waals surface area contributed by atoms with Gasteiger partial charge in [0.05, 0.1) is 31.3 Å². The van der Waals surface area contributed by atoms with Crippen molar-refractivity contribution in [3.05, 3.63) is 78.4 Å². The molecule has 0 radical (unpaired) electrons. The number of amides is 1. The van der Waals surface area contributed by atoms with Crippen molar-refractivity contribution in [3.8, 4) is 17.2 Å². The van der Waals surface area contributed by atoms with Crippen LogP contribution in [0.5, 0.6) is 17.2 Å². The van der Waals surface area contributed by atoms with Crippen LogP contribution in [0.4, 0.5) is 5.69 Å².